The van der Waals surface area contributed by atoms with E-state index in [9.17, 15) is 9.59 Å². The van der Waals surface area contributed by atoms with E-state index in [-0.39, 0.29) is 11.5 Å². The van der Waals surface area contributed by atoms with Gasteiger partial charge in [0, 0.05) is 42.0 Å². The van der Waals surface area contributed by atoms with Crippen molar-refractivity contribution in [2.45, 2.75) is 20.0 Å². The molecule has 1 N–H and O–H groups in total. The number of rotatable bonds is 7. The topological polar surface area (TPSA) is 95.3 Å². The third-order valence-electron chi connectivity index (χ3n) is 5.37. The highest BCUT2D eigenvalue weighted by Gasteiger charge is 2.14. The van der Waals surface area contributed by atoms with Crippen LogP contribution < -0.4 is 20.3 Å². The molecule has 0 bridgehead atoms. The Kier molecular flexibility index (Phi) is 6.35. The van der Waals surface area contributed by atoms with E-state index in [2.05, 4.69) is 15.3 Å². The van der Waals surface area contributed by atoms with Crippen LogP contribution in [0.25, 0.3) is 22.4 Å². The number of hydrogen-bond donors (Lipinski definition) is 1. The number of fused-ring (bicyclic) bond motifs is 1. The number of aromatic nitrogens is 3. The fraction of sp³-hybridized carbons (Fsp3) is 0.200. The zero-order valence-electron chi connectivity index (χ0n) is 18.7. The molecule has 8 heteroatoms. The van der Waals surface area contributed by atoms with E-state index >= 15 is 0 Å². The van der Waals surface area contributed by atoms with Crippen molar-refractivity contribution in [1.82, 2.24) is 19.9 Å². The third-order valence-corrected chi connectivity index (χ3v) is 5.37. The Labute approximate surface area is 190 Å². The molecule has 2 aromatic carbocycles. The van der Waals surface area contributed by atoms with Crippen LogP contribution in [0.3, 0.4) is 0 Å². The molecule has 0 aliphatic rings. The number of carbonyl (C=O) groups is 1. The zero-order chi connectivity index (χ0) is 23.4. The molecule has 0 aliphatic heterocycles. The first-order chi connectivity index (χ1) is 16.0. The lowest BCUT2D eigenvalue weighted by Gasteiger charge is -2.12. The Bertz CT molecular complexity index is 1360. The van der Waals surface area contributed by atoms with Gasteiger partial charge >= 0.3 is 0 Å². The highest BCUT2D eigenvalue weighted by atomic mass is 16.5. The number of benzene rings is 2. The standard InChI is InChI=1S/C25H24N4O4/c1-4-29-23-20(6-5-13-26-23)28-22(25(29)31)16-7-9-17(10-8-16)24(30)27-15-18-11-12-19(32-2)14-21(18)33-3/h5-14H,4,15H2,1-3H3,(H,27,30). The van der Waals surface area contributed by atoms with Crippen LogP contribution in [0.2, 0.25) is 0 Å². The molecule has 0 aliphatic carbocycles. The van der Waals surface area contributed by atoms with Crippen molar-refractivity contribution in [1.29, 1.82) is 0 Å². The number of nitrogens with zero attached hydrogens (tertiary/aromatic N) is 3. The molecule has 4 aromatic rings. The van der Waals surface area contributed by atoms with Gasteiger partial charge in [0.25, 0.3) is 11.5 Å². The van der Waals surface area contributed by atoms with E-state index in [1.54, 1.807) is 61.4 Å². The fourth-order valence-electron chi connectivity index (χ4n) is 3.61. The lowest BCUT2D eigenvalue weighted by molar-refractivity contribution is 0.0950. The van der Waals surface area contributed by atoms with Crippen molar-refractivity contribution in [2.24, 2.45) is 0 Å². The van der Waals surface area contributed by atoms with Crippen LogP contribution in [0.5, 0.6) is 11.5 Å². The van der Waals surface area contributed by atoms with Crippen molar-refractivity contribution in [3.8, 4) is 22.8 Å². The van der Waals surface area contributed by atoms with Gasteiger partial charge in [-0.25, -0.2) is 9.97 Å². The summed E-state index contributed by atoms with van der Waals surface area (Å²) in [6, 6.07) is 15.9. The van der Waals surface area contributed by atoms with Gasteiger partial charge in [-0.15, -0.1) is 0 Å². The summed E-state index contributed by atoms with van der Waals surface area (Å²) in [7, 11) is 3.16. The van der Waals surface area contributed by atoms with E-state index in [1.807, 2.05) is 25.1 Å². The summed E-state index contributed by atoms with van der Waals surface area (Å²) in [5.74, 6) is 1.08. The summed E-state index contributed by atoms with van der Waals surface area (Å²) in [5.41, 5.74) is 3.26. The average Bonchev–Trinajstić information content (AvgIpc) is 2.87. The molecule has 168 valence electrons. The Balaban J connectivity index is 1.55. The van der Waals surface area contributed by atoms with Gasteiger partial charge in [-0.3, -0.25) is 14.2 Å². The quantitative estimate of drug-likeness (QED) is 0.469. The Morgan fingerprint density at radius 3 is 2.55 bits per heavy atom. The molecule has 0 saturated carbocycles. The minimum atomic E-state index is -0.235. The average molecular weight is 444 g/mol. The monoisotopic (exact) mass is 444 g/mol. The Morgan fingerprint density at radius 1 is 1.06 bits per heavy atom. The maximum Gasteiger partial charge on any atom is 0.278 e. The molecule has 2 aromatic heterocycles. The first-order valence-corrected chi connectivity index (χ1v) is 10.5. The highest BCUT2D eigenvalue weighted by Crippen LogP contribution is 2.24. The summed E-state index contributed by atoms with van der Waals surface area (Å²) >= 11 is 0. The van der Waals surface area contributed by atoms with E-state index in [0.29, 0.717) is 52.6 Å². The molecule has 4 rings (SSSR count). The molecule has 33 heavy (non-hydrogen) atoms. The first kappa shape index (κ1) is 22.0. The molecule has 1 amide bonds. The van der Waals surface area contributed by atoms with Crippen LogP contribution in [0.4, 0.5) is 0 Å². The number of methoxy groups -OCH3 is 2. The molecule has 0 saturated heterocycles. The van der Waals surface area contributed by atoms with E-state index in [1.165, 1.54) is 0 Å². The van der Waals surface area contributed by atoms with Gasteiger partial charge in [-0.05, 0) is 43.3 Å². The van der Waals surface area contributed by atoms with Gasteiger partial charge < -0.3 is 14.8 Å². The predicted molar refractivity (Wildman–Crippen MR) is 126 cm³/mol. The fourth-order valence-corrected chi connectivity index (χ4v) is 3.61. The highest BCUT2D eigenvalue weighted by molar-refractivity contribution is 5.94. The number of aryl methyl sites for hydroxylation is 1. The van der Waals surface area contributed by atoms with Gasteiger partial charge in [-0.1, -0.05) is 12.1 Å². The lowest BCUT2D eigenvalue weighted by atomic mass is 10.1. The SMILES string of the molecule is CCn1c(=O)c(-c2ccc(C(=O)NCc3ccc(OC)cc3OC)cc2)nc2cccnc21. The smallest absolute Gasteiger partial charge is 0.278 e. The second-order valence-electron chi connectivity index (χ2n) is 7.29. The molecule has 0 spiro atoms. The third kappa shape index (κ3) is 4.41. The number of carbonyl (C=O) groups excluding carboxylic acids is 1. The second-order valence-corrected chi connectivity index (χ2v) is 7.29. The minimum Gasteiger partial charge on any atom is -0.497 e. The van der Waals surface area contributed by atoms with Crippen molar-refractivity contribution >= 4 is 17.1 Å². The van der Waals surface area contributed by atoms with E-state index in [0.717, 1.165) is 5.56 Å². The van der Waals surface area contributed by atoms with Crippen LogP contribution >= 0.6 is 0 Å². The number of pyridine rings is 1. The number of hydrogen-bond acceptors (Lipinski definition) is 6. The molecule has 0 unspecified atom stereocenters. The van der Waals surface area contributed by atoms with Gasteiger partial charge in [0.1, 0.15) is 22.7 Å². The summed E-state index contributed by atoms with van der Waals surface area (Å²) < 4.78 is 12.2. The number of ether oxygens (including phenoxy) is 2. The largest absolute Gasteiger partial charge is 0.497 e. The summed E-state index contributed by atoms with van der Waals surface area (Å²) in [5, 5.41) is 2.89. The maximum absolute atomic E-state index is 13.0. The van der Waals surface area contributed by atoms with Gasteiger partial charge in [0.2, 0.25) is 0 Å². The zero-order valence-corrected chi connectivity index (χ0v) is 18.7. The van der Waals surface area contributed by atoms with Crippen LogP contribution in [0, 0.1) is 0 Å². The molecule has 0 fully saturated rings. The van der Waals surface area contributed by atoms with Crippen molar-refractivity contribution in [3.05, 3.63) is 82.3 Å². The summed E-state index contributed by atoms with van der Waals surface area (Å²) in [6.45, 7) is 2.68. The number of amides is 1. The van der Waals surface area contributed by atoms with Crippen LogP contribution in [-0.4, -0.2) is 34.7 Å². The summed E-state index contributed by atoms with van der Waals surface area (Å²) in [6.07, 6.45) is 1.64. The van der Waals surface area contributed by atoms with Crippen LogP contribution in [0.15, 0.2) is 65.6 Å². The molecule has 8 nitrogen and oxygen atoms in total. The lowest BCUT2D eigenvalue weighted by Crippen LogP contribution is -2.24. The number of nitrogens with one attached hydrogen (secondary N) is 1. The van der Waals surface area contributed by atoms with Gasteiger partial charge in [0.15, 0.2) is 5.65 Å². The second kappa shape index (κ2) is 9.52. The Morgan fingerprint density at radius 2 is 1.85 bits per heavy atom. The summed E-state index contributed by atoms with van der Waals surface area (Å²) in [4.78, 5) is 34.4. The van der Waals surface area contributed by atoms with Crippen molar-refractivity contribution in [2.75, 3.05) is 14.2 Å². The molecular weight excluding hydrogens is 420 g/mol. The van der Waals surface area contributed by atoms with Crippen LogP contribution in [-0.2, 0) is 13.1 Å². The van der Waals surface area contributed by atoms with Gasteiger partial charge in [-0.2, -0.15) is 0 Å². The van der Waals surface area contributed by atoms with E-state index < -0.39 is 0 Å². The molecule has 2 heterocycles. The Hall–Kier alpha value is -4.20. The van der Waals surface area contributed by atoms with Gasteiger partial charge in [0.05, 0.1) is 14.2 Å². The molecule has 0 radical (unpaired) electrons. The predicted octanol–water partition coefficient (Wildman–Crippen LogP) is 3.43. The first-order valence-electron chi connectivity index (χ1n) is 10.5. The van der Waals surface area contributed by atoms with Crippen LogP contribution in [0.1, 0.15) is 22.8 Å². The normalized spacial score (nSPS) is 10.8. The maximum atomic E-state index is 13.0. The molecule has 0 atom stereocenters. The van der Waals surface area contributed by atoms with E-state index in [4.69, 9.17) is 9.47 Å². The molecular formula is C25H24N4O4. The van der Waals surface area contributed by atoms with Crippen molar-refractivity contribution in [3.63, 3.8) is 0 Å². The minimum absolute atomic E-state index is 0.215. The van der Waals surface area contributed by atoms with Crippen molar-refractivity contribution < 1.29 is 14.3 Å².